The van der Waals surface area contributed by atoms with Gasteiger partial charge < -0.3 is 4.57 Å². The fraction of sp³-hybridized carbons (Fsp3) is 0.158. The molecule has 0 saturated carbocycles. The van der Waals surface area contributed by atoms with Gasteiger partial charge >= 0.3 is 0 Å². The number of benzene rings is 2. The molecule has 0 bridgehead atoms. The lowest BCUT2D eigenvalue weighted by Crippen LogP contribution is -1.90. The van der Waals surface area contributed by atoms with Crippen molar-refractivity contribution >= 4 is 45.1 Å². The van der Waals surface area contributed by atoms with Crippen LogP contribution in [-0.4, -0.2) is 14.5 Å². The molecule has 0 N–H and O–H groups in total. The zero-order chi connectivity index (χ0) is 17.1. The highest BCUT2D eigenvalue weighted by Crippen LogP contribution is 2.31. The number of nitrogens with zero attached hydrogens (tertiary/aromatic N) is 3. The molecular formula is C19H17N3S3. The van der Waals surface area contributed by atoms with Gasteiger partial charge in [0, 0.05) is 30.9 Å². The maximum absolute atomic E-state index is 4.68. The van der Waals surface area contributed by atoms with Crippen molar-refractivity contribution in [1.29, 1.82) is 0 Å². The largest absolute Gasteiger partial charge is 0.329 e. The number of imidazole rings is 1. The van der Waals surface area contributed by atoms with Crippen molar-refractivity contribution in [3.8, 4) is 0 Å². The van der Waals surface area contributed by atoms with Crippen LogP contribution >= 0.6 is 34.9 Å². The zero-order valence-corrected chi connectivity index (χ0v) is 16.2. The minimum Gasteiger partial charge on any atom is -0.329 e. The van der Waals surface area contributed by atoms with Crippen LogP contribution in [-0.2, 0) is 18.6 Å². The van der Waals surface area contributed by atoms with Gasteiger partial charge in [0.15, 0.2) is 9.50 Å². The Kier molecular flexibility index (Phi) is 5.10. The van der Waals surface area contributed by atoms with Gasteiger partial charge in [-0.05, 0) is 23.3 Å². The monoisotopic (exact) mass is 383 g/mol. The van der Waals surface area contributed by atoms with E-state index in [2.05, 4.69) is 52.4 Å². The molecule has 2 aromatic heterocycles. The van der Waals surface area contributed by atoms with E-state index in [0.29, 0.717) is 0 Å². The molecular weight excluding hydrogens is 366 g/mol. The van der Waals surface area contributed by atoms with E-state index in [1.807, 2.05) is 41.8 Å². The Balaban J connectivity index is 1.34. The number of fused-ring (bicyclic) bond motifs is 1. The molecule has 2 heterocycles. The van der Waals surface area contributed by atoms with Crippen molar-refractivity contribution in [1.82, 2.24) is 14.5 Å². The van der Waals surface area contributed by atoms with Gasteiger partial charge in [-0.25, -0.2) is 9.97 Å². The number of thioether (sulfide) groups is 2. The number of aromatic nitrogens is 3. The molecule has 25 heavy (non-hydrogen) atoms. The quantitative estimate of drug-likeness (QED) is 0.405. The summed E-state index contributed by atoms with van der Waals surface area (Å²) in [4.78, 5) is 9.03. The molecule has 0 aliphatic carbocycles. The Hall–Kier alpha value is -1.76. The summed E-state index contributed by atoms with van der Waals surface area (Å²) in [6.07, 6.45) is 3.81. The molecule has 2 aromatic carbocycles. The highest BCUT2D eigenvalue weighted by molar-refractivity contribution is 8.00. The van der Waals surface area contributed by atoms with Gasteiger partial charge in [0.25, 0.3) is 0 Å². The van der Waals surface area contributed by atoms with Crippen LogP contribution in [0.15, 0.2) is 70.4 Å². The average molecular weight is 384 g/mol. The van der Waals surface area contributed by atoms with E-state index in [0.717, 1.165) is 26.5 Å². The lowest BCUT2D eigenvalue weighted by atomic mass is 10.2. The second kappa shape index (κ2) is 7.64. The Bertz CT molecular complexity index is 940. The van der Waals surface area contributed by atoms with Gasteiger partial charge in [-0.2, -0.15) is 0 Å². The Morgan fingerprint density at radius 2 is 1.68 bits per heavy atom. The number of thiazole rings is 1. The van der Waals surface area contributed by atoms with E-state index in [1.54, 1.807) is 23.1 Å². The number of aryl methyl sites for hydroxylation is 1. The molecule has 0 aliphatic rings. The van der Waals surface area contributed by atoms with Crippen molar-refractivity contribution in [3.63, 3.8) is 0 Å². The predicted octanol–water partition coefficient (Wildman–Crippen LogP) is 5.61. The summed E-state index contributed by atoms with van der Waals surface area (Å²) in [7, 11) is 2.03. The van der Waals surface area contributed by atoms with Crippen molar-refractivity contribution < 1.29 is 0 Å². The third-order valence-electron chi connectivity index (χ3n) is 3.80. The highest BCUT2D eigenvalue weighted by atomic mass is 32.2. The Morgan fingerprint density at radius 3 is 2.36 bits per heavy atom. The summed E-state index contributed by atoms with van der Waals surface area (Å²) in [6.45, 7) is 0. The van der Waals surface area contributed by atoms with Crippen LogP contribution in [0.4, 0.5) is 0 Å². The zero-order valence-electron chi connectivity index (χ0n) is 13.8. The van der Waals surface area contributed by atoms with Crippen molar-refractivity contribution in [2.45, 2.75) is 21.0 Å². The van der Waals surface area contributed by atoms with E-state index in [-0.39, 0.29) is 0 Å². The third-order valence-corrected chi connectivity index (χ3v) is 7.18. The topological polar surface area (TPSA) is 30.7 Å². The number of hydrogen-bond donors (Lipinski definition) is 0. The summed E-state index contributed by atoms with van der Waals surface area (Å²) in [6, 6.07) is 17.2. The van der Waals surface area contributed by atoms with Gasteiger partial charge in [0.1, 0.15) is 0 Å². The van der Waals surface area contributed by atoms with Crippen LogP contribution in [0, 0.1) is 0 Å². The predicted molar refractivity (Wildman–Crippen MR) is 108 cm³/mol. The molecule has 0 unspecified atom stereocenters. The van der Waals surface area contributed by atoms with Gasteiger partial charge in [0.2, 0.25) is 0 Å². The Labute approximate surface area is 159 Å². The second-order valence-electron chi connectivity index (χ2n) is 5.66. The van der Waals surface area contributed by atoms with Crippen LogP contribution in [0.1, 0.15) is 11.1 Å². The van der Waals surface area contributed by atoms with Crippen molar-refractivity contribution in [2.75, 3.05) is 0 Å². The first kappa shape index (κ1) is 16.7. The molecule has 0 radical (unpaired) electrons. The normalized spacial score (nSPS) is 11.2. The minimum absolute atomic E-state index is 0.941. The molecule has 126 valence electrons. The summed E-state index contributed by atoms with van der Waals surface area (Å²) >= 11 is 5.34. The first-order valence-electron chi connectivity index (χ1n) is 7.94. The fourth-order valence-electron chi connectivity index (χ4n) is 2.43. The van der Waals surface area contributed by atoms with Crippen LogP contribution in [0.2, 0.25) is 0 Å². The molecule has 0 fully saturated rings. The number of hydrogen-bond acceptors (Lipinski definition) is 5. The molecule has 0 aliphatic heterocycles. The molecule has 0 saturated heterocycles. The van der Waals surface area contributed by atoms with Gasteiger partial charge in [-0.3, -0.25) is 0 Å². The van der Waals surface area contributed by atoms with Crippen LogP contribution in [0.25, 0.3) is 10.2 Å². The van der Waals surface area contributed by atoms with Crippen LogP contribution in [0.3, 0.4) is 0 Å². The van der Waals surface area contributed by atoms with E-state index in [1.165, 1.54) is 15.8 Å². The maximum atomic E-state index is 4.68. The lowest BCUT2D eigenvalue weighted by Gasteiger charge is -2.04. The van der Waals surface area contributed by atoms with Gasteiger partial charge in [-0.15, -0.1) is 11.3 Å². The Morgan fingerprint density at radius 1 is 0.960 bits per heavy atom. The molecule has 0 spiro atoms. The standard InChI is InChI=1S/C19H17N3S3/c1-22-11-10-20-18(22)23-12-14-6-8-15(9-7-14)13-24-19-21-16-4-2-3-5-17(16)25-19/h2-11H,12-13H2,1H3. The molecule has 0 atom stereocenters. The van der Waals surface area contributed by atoms with Crippen LogP contribution in [0.5, 0.6) is 0 Å². The maximum Gasteiger partial charge on any atom is 0.167 e. The van der Waals surface area contributed by atoms with Gasteiger partial charge in [0.05, 0.1) is 10.2 Å². The van der Waals surface area contributed by atoms with Crippen LogP contribution < -0.4 is 0 Å². The summed E-state index contributed by atoms with van der Waals surface area (Å²) in [5.41, 5.74) is 3.74. The highest BCUT2D eigenvalue weighted by Gasteiger charge is 2.05. The molecule has 0 amide bonds. The lowest BCUT2D eigenvalue weighted by molar-refractivity contribution is 0.790. The van der Waals surface area contributed by atoms with Crippen molar-refractivity contribution in [3.05, 3.63) is 72.1 Å². The summed E-state index contributed by atoms with van der Waals surface area (Å²) in [5.74, 6) is 1.89. The third kappa shape index (κ3) is 4.08. The average Bonchev–Trinajstić information content (AvgIpc) is 3.24. The van der Waals surface area contributed by atoms with E-state index in [4.69, 9.17) is 0 Å². The van der Waals surface area contributed by atoms with E-state index in [9.17, 15) is 0 Å². The molecule has 6 heteroatoms. The summed E-state index contributed by atoms with van der Waals surface area (Å²) < 4.78 is 4.44. The second-order valence-corrected chi connectivity index (χ2v) is 8.86. The van der Waals surface area contributed by atoms with E-state index >= 15 is 0 Å². The first-order valence-corrected chi connectivity index (χ1v) is 10.7. The molecule has 3 nitrogen and oxygen atoms in total. The van der Waals surface area contributed by atoms with E-state index < -0.39 is 0 Å². The minimum atomic E-state index is 0.941. The first-order chi connectivity index (χ1) is 12.3. The van der Waals surface area contributed by atoms with Gasteiger partial charge in [-0.1, -0.05) is 59.9 Å². The molecule has 4 rings (SSSR count). The smallest absolute Gasteiger partial charge is 0.167 e. The summed E-state index contributed by atoms with van der Waals surface area (Å²) in [5, 5.41) is 1.05. The van der Waals surface area contributed by atoms with Crippen molar-refractivity contribution in [2.24, 2.45) is 7.05 Å². The fourth-order valence-corrected chi connectivity index (χ4v) is 5.34. The SMILES string of the molecule is Cn1ccnc1SCc1ccc(CSc2nc3ccccc3s2)cc1. The number of rotatable bonds is 6. The molecule has 4 aromatic rings. The number of para-hydroxylation sites is 1.